The predicted octanol–water partition coefficient (Wildman–Crippen LogP) is 1.34. The topological polar surface area (TPSA) is 62.1 Å². The van der Waals surface area contributed by atoms with E-state index < -0.39 is 0 Å². The maximum absolute atomic E-state index is 12.4. The largest absolute Gasteiger partial charge is 0.361 e. The number of nitrogens with zero attached hydrogens (tertiary/aromatic N) is 1. The Morgan fingerprint density at radius 1 is 1.41 bits per heavy atom. The summed E-state index contributed by atoms with van der Waals surface area (Å²) in [6.45, 7) is 1.42. The Morgan fingerprint density at radius 3 is 3.06 bits per heavy atom. The summed E-state index contributed by atoms with van der Waals surface area (Å²) in [7, 11) is 0. The monoisotopic (exact) mass is 229 g/mol. The minimum atomic E-state index is 0.0750. The molecule has 1 fully saturated rings. The van der Waals surface area contributed by atoms with E-state index in [0.29, 0.717) is 6.54 Å². The van der Waals surface area contributed by atoms with Gasteiger partial charge in [-0.1, -0.05) is 12.1 Å². The van der Waals surface area contributed by atoms with E-state index in [1.165, 1.54) is 0 Å². The third-order valence-electron chi connectivity index (χ3n) is 3.33. The molecule has 2 heterocycles. The Hall–Kier alpha value is -1.81. The molecule has 17 heavy (non-hydrogen) atoms. The number of carbonyl (C=O) groups is 1. The minimum Gasteiger partial charge on any atom is -0.361 e. The molecular formula is C13H15N3O. The zero-order valence-electron chi connectivity index (χ0n) is 9.52. The Kier molecular flexibility index (Phi) is 2.37. The van der Waals surface area contributed by atoms with Crippen molar-refractivity contribution >= 4 is 16.8 Å². The molecule has 1 aliphatic rings. The van der Waals surface area contributed by atoms with Crippen LogP contribution in [0.1, 0.15) is 16.8 Å². The highest BCUT2D eigenvalue weighted by Crippen LogP contribution is 2.20. The number of amides is 1. The third kappa shape index (κ3) is 1.70. The van der Waals surface area contributed by atoms with Crippen molar-refractivity contribution < 1.29 is 4.79 Å². The summed E-state index contributed by atoms with van der Waals surface area (Å²) in [5, 5.41) is 1.07. The van der Waals surface area contributed by atoms with E-state index >= 15 is 0 Å². The van der Waals surface area contributed by atoms with Crippen LogP contribution >= 0.6 is 0 Å². The number of benzene rings is 1. The van der Waals surface area contributed by atoms with Gasteiger partial charge < -0.3 is 15.6 Å². The minimum absolute atomic E-state index is 0.0750. The van der Waals surface area contributed by atoms with Crippen molar-refractivity contribution in [2.24, 2.45) is 5.73 Å². The standard InChI is InChI=1S/C13H15N3O/c14-10-5-7-16(8-10)13(17)11-3-1-2-9-4-6-15-12(9)11/h1-4,6,10,15H,5,7-8,14H2. The average Bonchev–Trinajstić information content (AvgIpc) is 2.95. The lowest BCUT2D eigenvalue weighted by atomic mass is 10.1. The first-order valence-corrected chi connectivity index (χ1v) is 5.86. The molecule has 4 nitrogen and oxygen atoms in total. The third-order valence-corrected chi connectivity index (χ3v) is 3.33. The van der Waals surface area contributed by atoms with Gasteiger partial charge in [-0.2, -0.15) is 0 Å². The number of fused-ring (bicyclic) bond motifs is 1. The first kappa shape index (κ1) is 10.4. The van der Waals surface area contributed by atoms with Gasteiger partial charge in [0.2, 0.25) is 0 Å². The van der Waals surface area contributed by atoms with Crippen LogP contribution in [0.3, 0.4) is 0 Å². The van der Waals surface area contributed by atoms with Crippen molar-refractivity contribution in [1.82, 2.24) is 9.88 Å². The maximum Gasteiger partial charge on any atom is 0.256 e. The van der Waals surface area contributed by atoms with Crippen molar-refractivity contribution in [2.75, 3.05) is 13.1 Å². The zero-order valence-corrected chi connectivity index (χ0v) is 9.52. The van der Waals surface area contributed by atoms with Gasteiger partial charge in [-0.15, -0.1) is 0 Å². The summed E-state index contributed by atoms with van der Waals surface area (Å²) < 4.78 is 0. The number of hydrogen-bond donors (Lipinski definition) is 2. The highest BCUT2D eigenvalue weighted by molar-refractivity contribution is 6.05. The molecule has 1 atom stereocenters. The summed E-state index contributed by atoms with van der Waals surface area (Å²) in [4.78, 5) is 17.3. The first-order chi connectivity index (χ1) is 8.25. The van der Waals surface area contributed by atoms with Crippen molar-refractivity contribution in [3.63, 3.8) is 0 Å². The molecule has 1 aromatic heterocycles. The first-order valence-electron chi connectivity index (χ1n) is 5.86. The van der Waals surface area contributed by atoms with Crippen LogP contribution in [0.2, 0.25) is 0 Å². The lowest BCUT2D eigenvalue weighted by molar-refractivity contribution is 0.0792. The van der Waals surface area contributed by atoms with Gasteiger partial charge in [-0.25, -0.2) is 0 Å². The Balaban J connectivity index is 1.98. The van der Waals surface area contributed by atoms with E-state index in [9.17, 15) is 4.79 Å². The van der Waals surface area contributed by atoms with Crippen molar-refractivity contribution in [1.29, 1.82) is 0 Å². The molecule has 0 saturated carbocycles. The van der Waals surface area contributed by atoms with Gasteiger partial charge in [-0.3, -0.25) is 4.79 Å². The van der Waals surface area contributed by atoms with Crippen LogP contribution in [-0.2, 0) is 0 Å². The van der Waals surface area contributed by atoms with Gasteiger partial charge in [0.1, 0.15) is 0 Å². The number of likely N-dealkylation sites (tertiary alicyclic amines) is 1. The van der Waals surface area contributed by atoms with E-state index in [0.717, 1.165) is 29.4 Å². The number of H-pyrrole nitrogens is 1. The summed E-state index contributed by atoms with van der Waals surface area (Å²) in [5.74, 6) is 0.0750. The SMILES string of the molecule is NC1CCN(C(=O)c2cccc3cc[nH]c23)C1. The van der Waals surface area contributed by atoms with Crippen LogP contribution in [0.5, 0.6) is 0 Å². The molecule has 1 aliphatic heterocycles. The molecule has 1 saturated heterocycles. The molecule has 0 aliphatic carbocycles. The van der Waals surface area contributed by atoms with Gasteiger partial charge >= 0.3 is 0 Å². The molecule has 1 amide bonds. The fraction of sp³-hybridized carbons (Fsp3) is 0.308. The van der Waals surface area contributed by atoms with E-state index in [2.05, 4.69) is 4.98 Å². The lowest BCUT2D eigenvalue weighted by Crippen LogP contribution is -2.32. The average molecular weight is 229 g/mol. The second kappa shape index (κ2) is 3.89. The lowest BCUT2D eigenvalue weighted by Gasteiger charge is -2.16. The number of hydrogen-bond acceptors (Lipinski definition) is 2. The molecule has 0 radical (unpaired) electrons. The number of nitrogens with one attached hydrogen (secondary N) is 1. The summed E-state index contributed by atoms with van der Waals surface area (Å²) in [6, 6.07) is 7.88. The van der Waals surface area contributed by atoms with E-state index in [-0.39, 0.29) is 11.9 Å². The van der Waals surface area contributed by atoms with Gasteiger partial charge in [-0.05, 0) is 18.6 Å². The second-order valence-electron chi connectivity index (χ2n) is 4.55. The van der Waals surface area contributed by atoms with Crippen molar-refractivity contribution in [3.8, 4) is 0 Å². The fourth-order valence-electron chi connectivity index (χ4n) is 2.41. The Morgan fingerprint density at radius 2 is 2.29 bits per heavy atom. The second-order valence-corrected chi connectivity index (χ2v) is 4.55. The number of nitrogens with two attached hydrogens (primary N) is 1. The van der Waals surface area contributed by atoms with E-state index in [1.807, 2.05) is 35.4 Å². The van der Waals surface area contributed by atoms with Gasteiger partial charge in [0.15, 0.2) is 0 Å². The molecule has 1 aromatic carbocycles. The van der Waals surface area contributed by atoms with Crippen LogP contribution in [0.25, 0.3) is 10.9 Å². The van der Waals surface area contributed by atoms with Crippen LogP contribution in [-0.4, -0.2) is 34.9 Å². The molecule has 88 valence electrons. The normalized spacial score (nSPS) is 20.1. The summed E-state index contributed by atoms with van der Waals surface area (Å²) in [5.41, 5.74) is 7.48. The van der Waals surface area contributed by atoms with E-state index in [1.54, 1.807) is 0 Å². The number of carbonyl (C=O) groups excluding carboxylic acids is 1. The fourth-order valence-corrected chi connectivity index (χ4v) is 2.41. The highest BCUT2D eigenvalue weighted by Gasteiger charge is 2.25. The quantitative estimate of drug-likeness (QED) is 0.775. The Labute approximate surface area is 99.4 Å². The predicted molar refractivity (Wildman–Crippen MR) is 66.8 cm³/mol. The molecule has 4 heteroatoms. The number of para-hydroxylation sites is 1. The van der Waals surface area contributed by atoms with Gasteiger partial charge in [0.05, 0.1) is 11.1 Å². The zero-order chi connectivity index (χ0) is 11.8. The van der Waals surface area contributed by atoms with E-state index in [4.69, 9.17) is 5.73 Å². The summed E-state index contributed by atoms with van der Waals surface area (Å²) >= 11 is 0. The highest BCUT2D eigenvalue weighted by atomic mass is 16.2. The number of aromatic nitrogens is 1. The van der Waals surface area contributed by atoms with Gasteiger partial charge in [0.25, 0.3) is 5.91 Å². The molecule has 0 spiro atoms. The number of aromatic amines is 1. The molecular weight excluding hydrogens is 214 g/mol. The number of rotatable bonds is 1. The van der Waals surface area contributed by atoms with Crippen LogP contribution in [0.4, 0.5) is 0 Å². The Bertz CT molecular complexity index is 561. The van der Waals surface area contributed by atoms with Gasteiger partial charge in [0, 0.05) is 30.7 Å². The smallest absolute Gasteiger partial charge is 0.256 e. The van der Waals surface area contributed by atoms with Crippen molar-refractivity contribution in [2.45, 2.75) is 12.5 Å². The molecule has 3 rings (SSSR count). The van der Waals surface area contributed by atoms with Crippen LogP contribution < -0.4 is 5.73 Å². The molecule has 0 bridgehead atoms. The molecule has 2 aromatic rings. The maximum atomic E-state index is 12.4. The van der Waals surface area contributed by atoms with Crippen LogP contribution in [0, 0.1) is 0 Å². The van der Waals surface area contributed by atoms with Crippen molar-refractivity contribution in [3.05, 3.63) is 36.0 Å². The molecule has 1 unspecified atom stereocenters. The molecule has 3 N–H and O–H groups in total. The summed E-state index contributed by atoms with van der Waals surface area (Å²) in [6.07, 6.45) is 2.75. The van der Waals surface area contributed by atoms with Crippen LogP contribution in [0.15, 0.2) is 30.5 Å².